The van der Waals surface area contributed by atoms with E-state index in [1.807, 2.05) is 4.57 Å². The number of piperazine rings is 1. The zero-order valence-electron chi connectivity index (χ0n) is 19.0. The van der Waals surface area contributed by atoms with Crippen molar-refractivity contribution in [3.63, 3.8) is 0 Å². The van der Waals surface area contributed by atoms with Crippen LogP contribution in [-0.2, 0) is 13.0 Å². The number of aryl methyl sites for hydroxylation is 1. The molecule has 1 N–H and O–H groups in total. The highest BCUT2D eigenvalue weighted by Crippen LogP contribution is 2.33. The van der Waals surface area contributed by atoms with Crippen LogP contribution < -0.4 is 5.43 Å². The first-order chi connectivity index (χ1) is 16.1. The third kappa shape index (κ3) is 5.02. The summed E-state index contributed by atoms with van der Waals surface area (Å²) in [5.74, 6) is 0. The Bertz CT molecular complexity index is 1170. The Morgan fingerprint density at radius 2 is 1.82 bits per heavy atom. The van der Waals surface area contributed by atoms with Crippen molar-refractivity contribution < 1.29 is 5.11 Å². The lowest BCUT2D eigenvalue weighted by molar-refractivity contribution is 0.0484. The summed E-state index contributed by atoms with van der Waals surface area (Å²) in [6.45, 7) is 5.06. The molecule has 5 nitrogen and oxygen atoms in total. The number of hydrogen-bond acceptors (Lipinski definition) is 4. The van der Waals surface area contributed by atoms with E-state index >= 15 is 0 Å². The number of pyridine rings is 1. The number of rotatable bonds is 5. The largest absolute Gasteiger partial charge is 0.390 e. The number of β-amino-alcohol motifs (C(OH)–C–C–N with tert-alkyl or cyclic N) is 1. The van der Waals surface area contributed by atoms with Crippen LogP contribution in [0.5, 0.6) is 0 Å². The molecule has 33 heavy (non-hydrogen) atoms. The molecule has 2 unspecified atom stereocenters. The van der Waals surface area contributed by atoms with Gasteiger partial charge in [-0.2, -0.15) is 0 Å². The molecule has 6 heteroatoms. The second-order valence-electron chi connectivity index (χ2n) is 9.44. The molecule has 2 atom stereocenters. The summed E-state index contributed by atoms with van der Waals surface area (Å²) in [5.41, 5.74) is 3.79. The van der Waals surface area contributed by atoms with Crippen LogP contribution in [0, 0.1) is 0 Å². The van der Waals surface area contributed by atoms with Crippen LogP contribution in [0.1, 0.15) is 36.4 Å². The van der Waals surface area contributed by atoms with Crippen molar-refractivity contribution in [2.24, 2.45) is 0 Å². The number of aliphatic hydroxyl groups is 1. The molecular formula is C27H32ClN3O2. The Morgan fingerprint density at radius 3 is 2.67 bits per heavy atom. The van der Waals surface area contributed by atoms with Gasteiger partial charge in [0.1, 0.15) is 0 Å². The smallest absolute Gasteiger partial charge is 0.189 e. The molecular weight excluding hydrogens is 434 g/mol. The van der Waals surface area contributed by atoms with Gasteiger partial charge in [0.05, 0.1) is 11.6 Å². The Kier molecular flexibility index (Phi) is 6.84. The SMILES string of the molecule is O=c1ccn(CC(O)CN2CCN(C3CCCCc4ccccc43)CC2)c2cc(Cl)ccc12. The summed E-state index contributed by atoms with van der Waals surface area (Å²) in [5, 5.41) is 12.1. The van der Waals surface area contributed by atoms with Crippen molar-refractivity contribution in [2.75, 3.05) is 32.7 Å². The van der Waals surface area contributed by atoms with Gasteiger partial charge in [-0.05, 0) is 48.6 Å². The molecule has 174 valence electrons. The molecule has 0 bridgehead atoms. The molecule has 2 aromatic carbocycles. The van der Waals surface area contributed by atoms with E-state index in [1.165, 1.54) is 36.8 Å². The number of aromatic nitrogens is 1. The van der Waals surface area contributed by atoms with E-state index in [-0.39, 0.29) is 5.43 Å². The molecule has 0 radical (unpaired) electrons. The van der Waals surface area contributed by atoms with Gasteiger partial charge in [-0.3, -0.25) is 14.6 Å². The van der Waals surface area contributed by atoms with Gasteiger partial charge in [-0.15, -0.1) is 0 Å². The topological polar surface area (TPSA) is 48.7 Å². The zero-order valence-corrected chi connectivity index (χ0v) is 19.8. The lowest BCUT2D eigenvalue weighted by Gasteiger charge is -2.40. The van der Waals surface area contributed by atoms with Gasteiger partial charge in [-0.1, -0.05) is 42.3 Å². The van der Waals surface area contributed by atoms with Crippen molar-refractivity contribution in [3.8, 4) is 0 Å². The second-order valence-corrected chi connectivity index (χ2v) is 9.88. The van der Waals surface area contributed by atoms with Gasteiger partial charge in [-0.25, -0.2) is 0 Å². The van der Waals surface area contributed by atoms with E-state index in [1.54, 1.807) is 30.5 Å². The number of benzene rings is 2. The molecule has 1 aromatic heterocycles. The zero-order chi connectivity index (χ0) is 22.8. The van der Waals surface area contributed by atoms with Crippen molar-refractivity contribution in [3.05, 3.63) is 81.1 Å². The van der Waals surface area contributed by atoms with E-state index in [9.17, 15) is 9.90 Å². The van der Waals surface area contributed by atoms with E-state index in [0.29, 0.717) is 29.5 Å². The van der Waals surface area contributed by atoms with Gasteiger partial charge in [0, 0.05) is 68.0 Å². The van der Waals surface area contributed by atoms with Crippen molar-refractivity contribution in [2.45, 2.75) is 44.4 Å². The standard InChI is InChI=1S/C27H32ClN3O2/c28-21-9-10-24-26(17-21)31(12-11-27(24)33)19-22(32)18-29-13-15-30(16-14-29)25-8-4-2-6-20-5-1-3-7-23(20)25/h1,3,5,7,9-12,17,22,25,32H,2,4,6,8,13-16,18-19H2. The molecule has 1 saturated heterocycles. The first kappa shape index (κ1) is 22.6. The molecule has 2 heterocycles. The van der Waals surface area contributed by atoms with Gasteiger partial charge in [0.15, 0.2) is 5.43 Å². The third-order valence-electron chi connectivity index (χ3n) is 7.25. The maximum Gasteiger partial charge on any atom is 0.189 e. The van der Waals surface area contributed by atoms with E-state index in [2.05, 4.69) is 34.1 Å². The van der Waals surface area contributed by atoms with Gasteiger partial charge in [0.25, 0.3) is 0 Å². The minimum absolute atomic E-state index is 0.0244. The summed E-state index contributed by atoms with van der Waals surface area (Å²) in [6.07, 6.45) is 6.25. The van der Waals surface area contributed by atoms with Crippen LogP contribution in [0.2, 0.25) is 5.02 Å². The van der Waals surface area contributed by atoms with Crippen LogP contribution in [0.3, 0.4) is 0 Å². The van der Waals surface area contributed by atoms with E-state index in [4.69, 9.17) is 11.6 Å². The van der Waals surface area contributed by atoms with Crippen molar-refractivity contribution in [1.82, 2.24) is 14.4 Å². The fraction of sp³-hybridized carbons (Fsp3) is 0.444. The monoisotopic (exact) mass is 465 g/mol. The normalized spacial score (nSPS) is 21.0. The summed E-state index contributed by atoms with van der Waals surface area (Å²) in [7, 11) is 0. The summed E-state index contributed by atoms with van der Waals surface area (Å²) >= 11 is 6.16. The summed E-state index contributed by atoms with van der Waals surface area (Å²) in [4.78, 5) is 17.2. The van der Waals surface area contributed by atoms with Crippen molar-refractivity contribution >= 4 is 22.5 Å². The predicted octanol–water partition coefficient (Wildman–Crippen LogP) is 4.10. The lowest BCUT2D eigenvalue weighted by Crippen LogP contribution is -2.50. The minimum Gasteiger partial charge on any atom is -0.390 e. The molecule has 1 fully saturated rings. The molecule has 2 aliphatic rings. The number of hydrogen-bond donors (Lipinski definition) is 1. The molecule has 1 aliphatic carbocycles. The Hall–Kier alpha value is -2.18. The minimum atomic E-state index is -0.514. The van der Waals surface area contributed by atoms with Gasteiger partial charge >= 0.3 is 0 Å². The fourth-order valence-corrected chi connectivity index (χ4v) is 5.72. The Morgan fingerprint density at radius 1 is 1.00 bits per heavy atom. The average Bonchev–Trinajstić information content (AvgIpc) is 3.04. The first-order valence-electron chi connectivity index (χ1n) is 12.1. The molecule has 5 rings (SSSR count). The summed E-state index contributed by atoms with van der Waals surface area (Å²) in [6, 6.07) is 16.3. The lowest BCUT2D eigenvalue weighted by atomic mass is 9.97. The molecule has 3 aromatic rings. The third-order valence-corrected chi connectivity index (χ3v) is 7.49. The number of fused-ring (bicyclic) bond motifs is 2. The Labute approximate surface area is 200 Å². The highest BCUT2D eigenvalue weighted by atomic mass is 35.5. The van der Waals surface area contributed by atoms with Crippen molar-refractivity contribution in [1.29, 1.82) is 0 Å². The fourth-order valence-electron chi connectivity index (χ4n) is 5.55. The van der Waals surface area contributed by atoms with Crippen LogP contribution in [0.4, 0.5) is 0 Å². The van der Waals surface area contributed by atoms with Crippen LogP contribution in [-0.4, -0.2) is 58.3 Å². The average molecular weight is 466 g/mol. The van der Waals surface area contributed by atoms with Gasteiger partial charge < -0.3 is 9.67 Å². The summed E-state index contributed by atoms with van der Waals surface area (Å²) < 4.78 is 1.94. The maximum absolute atomic E-state index is 12.2. The van der Waals surface area contributed by atoms with Crippen LogP contribution >= 0.6 is 11.6 Å². The number of aliphatic hydroxyl groups excluding tert-OH is 1. The quantitative estimate of drug-likeness (QED) is 0.576. The number of halogens is 1. The maximum atomic E-state index is 12.2. The van der Waals surface area contributed by atoms with E-state index < -0.39 is 6.10 Å². The molecule has 0 amide bonds. The second kappa shape index (κ2) is 9.98. The van der Waals surface area contributed by atoms with E-state index in [0.717, 1.165) is 31.7 Å². The highest BCUT2D eigenvalue weighted by Gasteiger charge is 2.28. The number of nitrogens with zero attached hydrogens (tertiary/aromatic N) is 3. The first-order valence-corrected chi connectivity index (χ1v) is 12.5. The molecule has 0 saturated carbocycles. The highest BCUT2D eigenvalue weighted by molar-refractivity contribution is 6.31. The van der Waals surface area contributed by atoms with Crippen LogP contribution in [0.25, 0.3) is 10.9 Å². The predicted molar refractivity (Wildman–Crippen MR) is 134 cm³/mol. The van der Waals surface area contributed by atoms with Gasteiger partial charge in [0.2, 0.25) is 0 Å². The Balaban J connectivity index is 1.21. The molecule has 1 aliphatic heterocycles. The molecule has 0 spiro atoms. The van der Waals surface area contributed by atoms with Crippen LogP contribution in [0.15, 0.2) is 59.5 Å².